The standard InChI is InChI=1S/C13H22N6O2/c1-8-3-4-9(13(14)20)6-19(8)12-5-10(18-15)16-11(17-12)7-21-2/h5,8-9H,3-4,6-7,15H2,1-2H3,(H2,14,20)(H,16,17,18). The first-order chi connectivity index (χ1) is 10.0. The third-order valence-corrected chi connectivity index (χ3v) is 3.76. The zero-order valence-corrected chi connectivity index (χ0v) is 12.4. The van der Waals surface area contributed by atoms with Crippen molar-refractivity contribution in [1.29, 1.82) is 0 Å². The van der Waals surface area contributed by atoms with E-state index in [4.69, 9.17) is 16.3 Å². The molecule has 2 unspecified atom stereocenters. The SMILES string of the molecule is COCc1nc(NN)cc(N2CC(C(N)=O)CCC2C)n1. The van der Waals surface area contributed by atoms with E-state index in [1.165, 1.54) is 0 Å². The van der Waals surface area contributed by atoms with Crippen LogP contribution in [-0.4, -0.2) is 35.6 Å². The van der Waals surface area contributed by atoms with Crippen molar-refractivity contribution in [2.45, 2.75) is 32.4 Å². The van der Waals surface area contributed by atoms with Gasteiger partial charge in [0.25, 0.3) is 0 Å². The number of hydrazine groups is 1. The van der Waals surface area contributed by atoms with Crippen molar-refractivity contribution in [2.24, 2.45) is 17.5 Å². The van der Waals surface area contributed by atoms with Crippen LogP contribution in [-0.2, 0) is 16.1 Å². The second kappa shape index (κ2) is 6.68. The highest BCUT2D eigenvalue weighted by Gasteiger charge is 2.29. The molecule has 1 amide bonds. The predicted octanol–water partition coefficient (Wildman–Crippen LogP) is -0.00120. The number of aromatic nitrogens is 2. The van der Waals surface area contributed by atoms with Crippen LogP contribution in [0.3, 0.4) is 0 Å². The molecule has 0 aromatic carbocycles. The van der Waals surface area contributed by atoms with E-state index in [1.54, 1.807) is 13.2 Å². The molecular formula is C13H22N6O2. The summed E-state index contributed by atoms with van der Waals surface area (Å²) in [5, 5.41) is 0. The number of carbonyl (C=O) groups excluding carboxylic acids is 1. The summed E-state index contributed by atoms with van der Waals surface area (Å²) in [5.74, 6) is 6.80. The Bertz CT molecular complexity index is 509. The molecule has 0 saturated carbocycles. The molecule has 5 N–H and O–H groups in total. The van der Waals surface area contributed by atoms with Crippen molar-refractivity contribution in [2.75, 3.05) is 24.0 Å². The average molecular weight is 294 g/mol. The molecule has 0 bridgehead atoms. The number of nitrogens with one attached hydrogen (secondary N) is 1. The number of rotatable bonds is 5. The topological polar surface area (TPSA) is 119 Å². The fourth-order valence-electron chi connectivity index (χ4n) is 2.56. The monoisotopic (exact) mass is 294 g/mol. The van der Waals surface area contributed by atoms with Crippen molar-refractivity contribution in [3.8, 4) is 0 Å². The van der Waals surface area contributed by atoms with E-state index < -0.39 is 0 Å². The number of hydrogen-bond acceptors (Lipinski definition) is 7. The quantitative estimate of drug-likeness (QED) is 0.516. The number of primary amides is 1. The van der Waals surface area contributed by atoms with Gasteiger partial charge in [0.05, 0.1) is 5.92 Å². The van der Waals surface area contributed by atoms with E-state index in [-0.39, 0.29) is 17.9 Å². The van der Waals surface area contributed by atoms with Crippen LogP contribution < -0.4 is 21.9 Å². The van der Waals surface area contributed by atoms with E-state index in [0.717, 1.165) is 18.7 Å². The molecule has 0 radical (unpaired) electrons. The fraction of sp³-hybridized carbons (Fsp3) is 0.615. The normalized spacial score (nSPS) is 22.1. The van der Waals surface area contributed by atoms with Crippen molar-refractivity contribution in [3.05, 3.63) is 11.9 Å². The van der Waals surface area contributed by atoms with Crippen molar-refractivity contribution in [1.82, 2.24) is 9.97 Å². The molecule has 2 atom stereocenters. The van der Waals surface area contributed by atoms with Crippen LogP contribution in [0.2, 0.25) is 0 Å². The van der Waals surface area contributed by atoms with Crippen LogP contribution in [0.1, 0.15) is 25.6 Å². The van der Waals surface area contributed by atoms with E-state index in [9.17, 15) is 4.79 Å². The molecule has 1 fully saturated rings. The predicted molar refractivity (Wildman–Crippen MR) is 79.3 cm³/mol. The first kappa shape index (κ1) is 15.5. The lowest BCUT2D eigenvalue weighted by molar-refractivity contribution is -0.122. The summed E-state index contributed by atoms with van der Waals surface area (Å²) < 4.78 is 5.07. The number of piperidine rings is 1. The summed E-state index contributed by atoms with van der Waals surface area (Å²) in [6.45, 7) is 2.96. The summed E-state index contributed by atoms with van der Waals surface area (Å²) in [6, 6.07) is 2.04. The Kier molecular flexibility index (Phi) is 4.92. The molecule has 8 heteroatoms. The molecule has 0 aliphatic carbocycles. The number of carbonyl (C=O) groups is 1. The first-order valence-corrected chi connectivity index (χ1v) is 6.94. The number of nitrogen functional groups attached to an aromatic ring is 1. The second-order valence-electron chi connectivity index (χ2n) is 5.28. The molecule has 1 aromatic rings. The van der Waals surface area contributed by atoms with E-state index in [2.05, 4.69) is 27.2 Å². The Labute approximate surface area is 123 Å². The zero-order chi connectivity index (χ0) is 15.4. The third kappa shape index (κ3) is 3.59. The Morgan fingerprint density at radius 1 is 1.52 bits per heavy atom. The van der Waals surface area contributed by atoms with Gasteiger partial charge in [0.1, 0.15) is 18.2 Å². The Balaban J connectivity index is 2.29. The van der Waals surface area contributed by atoms with Crippen LogP contribution in [0, 0.1) is 5.92 Å². The highest BCUT2D eigenvalue weighted by Crippen LogP contribution is 2.27. The summed E-state index contributed by atoms with van der Waals surface area (Å²) in [7, 11) is 1.58. The smallest absolute Gasteiger partial charge is 0.222 e. The van der Waals surface area contributed by atoms with Gasteiger partial charge in [-0.3, -0.25) is 4.79 Å². The summed E-state index contributed by atoms with van der Waals surface area (Å²) in [4.78, 5) is 22.2. The van der Waals surface area contributed by atoms with Gasteiger partial charge in [-0.1, -0.05) is 0 Å². The number of ether oxygens (including phenoxy) is 1. The highest BCUT2D eigenvalue weighted by molar-refractivity contribution is 5.77. The van der Waals surface area contributed by atoms with Crippen molar-refractivity contribution >= 4 is 17.5 Å². The third-order valence-electron chi connectivity index (χ3n) is 3.76. The van der Waals surface area contributed by atoms with Crippen LogP contribution >= 0.6 is 0 Å². The molecule has 1 aliphatic heterocycles. The molecule has 1 aromatic heterocycles. The van der Waals surface area contributed by atoms with Crippen LogP contribution in [0.15, 0.2) is 6.07 Å². The Hall–Kier alpha value is -1.93. The molecule has 2 rings (SSSR count). The Morgan fingerprint density at radius 2 is 2.29 bits per heavy atom. The number of nitrogens with zero attached hydrogens (tertiary/aromatic N) is 3. The number of amides is 1. The maximum Gasteiger partial charge on any atom is 0.222 e. The van der Waals surface area contributed by atoms with Gasteiger partial charge in [-0.25, -0.2) is 15.8 Å². The van der Waals surface area contributed by atoms with Gasteiger partial charge < -0.3 is 20.8 Å². The van der Waals surface area contributed by atoms with Crippen molar-refractivity contribution in [3.63, 3.8) is 0 Å². The summed E-state index contributed by atoms with van der Waals surface area (Å²) in [5.41, 5.74) is 7.97. The molecule has 8 nitrogen and oxygen atoms in total. The van der Waals surface area contributed by atoms with Crippen LogP contribution in [0.5, 0.6) is 0 Å². The highest BCUT2D eigenvalue weighted by atomic mass is 16.5. The maximum absolute atomic E-state index is 11.4. The molecule has 1 saturated heterocycles. The largest absolute Gasteiger partial charge is 0.377 e. The minimum absolute atomic E-state index is 0.156. The summed E-state index contributed by atoms with van der Waals surface area (Å²) in [6.07, 6.45) is 1.70. The second-order valence-corrected chi connectivity index (χ2v) is 5.28. The summed E-state index contributed by atoms with van der Waals surface area (Å²) >= 11 is 0. The van der Waals surface area contributed by atoms with Crippen LogP contribution in [0.25, 0.3) is 0 Å². The number of hydrogen-bond donors (Lipinski definition) is 3. The minimum Gasteiger partial charge on any atom is -0.377 e. The molecule has 1 aliphatic rings. The molecular weight excluding hydrogens is 272 g/mol. The minimum atomic E-state index is -0.268. The first-order valence-electron chi connectivity index (χ1n) is 6.94. The van der Waals surface area contributed by atoms with E-state index in [1.807, 2.05) is 0 Å². The van der Waals surface area contributed by atoms with Gasteiger partial charge >= 0.3 is 0 Å². The van der Waals surface area contributed by atoms with Gasteiger partial charge in [0.2, 0.25) is 5.91 Å². The van der Waals surface area contributed by atoms with Gasteiger partial charge in [0, 0.05) is 25.8 Å². The van der Waals surface area contributed by atoms with Crippen LogP contribution in [0.4, 0.5) is 11.6 Å². The lowest BCUT2D eigenvalue weighted by Crippen LogP contribution is -2.46. The fourth-order valence-corrected chi connectivity index (χ4v) is 2.56. The average Bonchev–Trinajstić information content (AvgIpc) is 2.47. The number of anilines is 2. The van der Waals surface area contributed by atoms with Gasteiger partial charge in [-0.15, -0.1) is 0 Å². The van der Waals surface area contributed by atoms with Gasteiger partial charge in [0.15, 0.2) is 5.82 Å². The number of methoxy groups -OCH3 is 1. The molecule has 116 valence electrons. The lowest BCUT2D eigenvalue weighted by atomic mass is 9.93. The molecule has 21 heavy (non-hydrogen) atoms. The van der Waals surface area contributed by atoms with Crippen molar-refractivity contribution < 1.29 is 9.53 Å². The Morgan fingerprint density at radius 3 is 2.90 bits per heavy atom. The molecule has 2 heterocycles. The molecule has 0 spiro atoms. The number of nitrogens with two attached hydrogens (primary N) is 2. The zero-order valence-electron chi connectivity index (χ0n) is 12.4. The van der Waals surface area contributed by atoms with E-state index >= 15 is 0 Å². The van der Waals surface area contributed by atoms with E-state index in [0.29, 0.717) is 24.8 Å². The van der Waals surface area contributed by atoms with Gasteiger partial charge in [-0.05, 0) is 19.8 Å². The lowest BCUT2D eigenvalue weighted by Gasteiger charge is -2.37. The van der Waals surface area contributed by atoms with Gasteiger partial charge in [-0.2, -0.15) is 0 Å². The maximum atomic E-state index is 11.4.